The van der Waals surface area contributed by atoms with Gasteiger partial charge in [-0.15, -0.1) is 5.10 Å². The summed E-state index contributed by atoms with van der Waals surface area (Å²) in [6, 6.07) is 1.87. The fraction of sp³-hybridized carbons (Fsp3) is 0.375. The third kappa shape index (κ3) is 1.65. The number of rotatable bonds is 2. The quantitative estimate of drug-likeness (QED) is 0.692. The maximum absolute atomic E-state index is 9.16. The van der Waals surface area contributed by atoms with Gasteiger partial charge in [0.2, 0.25) is 5.65 Å². The first-order valence-electron chi connectivity index (χ1n) is 4.09. The van der Waals surface area contributed by atoms with Gasteiger partial charge in [-0.25, -0.2) is 4.98 Å². The maximum Gasteiger partial charge on any atom is 0.201 e. The molecular weight excluding hydrogens is 168 g/mol. The van der Waals surface area contributed by atoms with Gasteiger partial charge in [-0.1, -0.05) is 0 Å². The van der Waals surface area contributed by atoms with Crippen LogP contribution in [-0.2, 0) is 6.42 Å². The van der Waals surface area contributed by atoms with E-state index in [4.69, 9.17) is 5.11 Å². The van der Waals surface area contributed by atoms with Gasteiger partial charge >= 0.3 is 0 Å². The van der Waals surface area contributed by atoms with E-state index in [0.717, 1.165) is 11.1 Å². The average molecular weight is 178 g/mol. The summed E-state index contributed by atoms with van der Waals surface area (Å²) in [6.45, 7) is 1.74. The molecule has 0 aromatic carbocycles. The van der Waals surface area contributed by atoms with E-state index in [1.165, 1.54) is 0 Å². The first-order valence-corrected chi connectivity index (χ1v) is 4.09. The number of nitrogens with zero attached hydrogens (tertiary/aromatic N) is 3. The van der Waals surface area contributed by atoms with E-state index in [-0.39, 0.29) is 6.10 Å². The van der Waals surface area contributed by atoms with Gasteiger partial charge < -0.3 is 5.11 Å². The van der Waals surface area contributed by atoms with Crippen LogP contribution in [0.1, 0.15) is 12.5 Å². The van der Waals surface area contributed by atoms with E-state index in [1.807, 2.05) is 6.07 Å². The molecule has 2 aromatic heterocycles. The van der Waals surface area contributed by atoms with Crippen molar-refractivity contribution in [3.63, 3.8) is 0 Å². The van der Waals surface area contributed by atoms with Crippen LogP contribution in [0, 0.1) is 0 Å². The Morgan fingerprint density at radius 2 is 2.38 bits per heavy atom. The van der Waals surface area contributed by atoms with Crippen LogP contribution in [0.5, 0.6) is 0 Å². The second kappa shape index (κ2) is 3.10. The molecule has 0 aliphatic heterocycles. The highest BCUT2D eigenvalue weighted by atomic mass is 16.3. The number of pyridine rings is 1. The number of aliphatic hydroxyl groups is 1. The molecule has 0 bridgehead atoms. The molecule has 0 radical (unpaired) electrons. The number of hydrogen-bond acceptors (Lipinski definition) is 4. The molecule has 68 valence electrons. The van der Waals surface area contributed by atoms with Gasteiger partial charge in [-0.2, -0.15) is 10.3 Å². The van der Waals surface area contributed by atoms with Crippen LogP contribution >= 0.6 is 0 Å². The van der Waals surface area contributed by atoms with Gasteiger partial charge in [-0.3, -0.25) is 0 Å². The Morgan fingerprint density at radius 3 is 3.15 bits per heavy atom. The molecule has 0 saturated carbocycles. The second-order valence-electron chi connectivity index (χ2n) is 3.06. The van der Waals surface area contributed by atoms with E-state index in [2.05, 4.69) is 20.4 Å². The van der Waals surface area contributed by atoms with Crippen molar-refractivity contribution in [1.29, 1.82) is 0 Å². The van der Waals surface area contributed by atoms with Gasteiger partial charge in [0.05, 0.1) is 6.10 Å². The molecule has 0 amide bonds. The molecule has 2 N–H and O–H groups in total. The van der Waals surface area contributed by atoms with E-state index < -0.39 is 0 Å². The lowest BCUT2D eigenvalue weighted by Crippen LogP contribution is -2.04. The highest BCUT2D eigenvalue weighted by molar-refractivity contribution is 5.68. The van der Waals surface area contributed by atoms with E-state index >= 15 is 0 Å². The predicted molar refractivity (Wildman–Crippen MR) is 47.1 cm³/mol. The second-order valence-corrected chi connectivity index (χ2v) is 3.06. The Labute approximate surface area is 74.8 Å². The Kier molecular flexibility index (Phi) is 1.94. The standard InChI is InChI=1S/C8H10N4O/c1-5(13)2-6-3-7-8(9-4-6)11-12-10-7/h3-5,13H,2H2,1H3,(H,9,10,11,12)/t5-/m1/s1. The minimum absolute atomic E-state index is 0.355. The number of H-pyrrole nitrogens is 1. The van der Waals surface area contributed by atoms with Crippen LogP contribution in [0.3, 0.4) is 0 Å². The highest BCUT2D eigenvalue weighted by Crippen LogP contribution is 2.08. The molecule has 2 aromatic rings. The summed E-state index contributed by atoms with van der Waals surface area (Å²) in [4.78, 5) is 4.08. The number of aliphatic hydroxyl groups excluding tert-OH is 1. The maximum atomic E-state index is 9.16. The predicted octanol–water partition coefficient (Wildman–Crippen LogP) is 0.276. The van der Waals surface area contributed by atoms with Crippen molar-refractivity contribution in [2.45, 2.75) is 19.4 Å². The Bertz CT molecular complexity index is 409. The zero-order chi connectivity index (χ0) is 9.26. The summed E-state index contributed by atoms with van der Waals surface area (Å²) in [5.41, 5.74) is 2.31. The third-order valence-electron chi connectivity index (χ3n) is 1.76. The normalized spacial score (nSPS) is 13.4. The molecule has 5 nitrogen and oxygen atoms in total. The van der Waals surface area contributed by atoms with Gasteiger partial charge in [0.1, 0.15) is 5.52 Å². The first kappa shape index (κ1) is 8.12. The van der Waals surface area contributed by atoms with Crippen molar-refractivity contribution in [1.82, 2.24) is 20.4 Å². The van der Waals surface area contributed by atoms with Crippen molar-refractivity contribution < 1.29 is 5.11 Å². The molecule has 0 fully saturated rings. The third-order valence-corrected chi connectivity index (χ3v) is 1.76. The van der Waals surface area contributed by atoms with Crippen LogP contribution in [0.15, 0.2) is 12.3 Å². The number of aromatic nitrogens is 4. The first-order chi connectivity index (χ1) is 6.25. The number of nitrogens with one attached hydrogen (secondary N) is 1. The summed E-state index contributed by atoms with van der Waals surface area (Å²) in [7, 11) is 0. The molecule has 0 aliphatic rings. The van der Waals surface area contributed by atoms with Crippen molar-refractivity contribution in [3.8, 4) is 0 Å². The zero-order valence-electron chi connectivity index (χ0n) is 7.23. The highest BCUT2D eigenvalue weighted by Gasteiger charge is 2.03. The fourth-order valence-corrected chi connectivity index (χ4v) is 1.24. The molecule has 0 saturated heterocycles. The van der Waals surface area contributed by atoms with Gasteiger partial charge in [-0.05, 0) is 25.0 Å². The SMILES string of the molecule is C[C@@H](O)Cc1cnc2n[nH]nc2c1. The van der Waals surface area contributed by atoms with Crippen molar-refractivity contribution in [2.24, 2.45) is 0 Å². The number of aromatic amines is 1. The molecule has 1 atom stereocenters. The molecule has 0 spiro atoms. The van der Waals surface area contributed by atoms with Gasteiger partial charge in [0.15, 0.2) is 0 Å². The molecule has 2 heterocycles. The Morgan fingerprint density at radius 1 is 1.54 bits per heavy atom. The largest absolute Gasteiger partial charge is 0.393 e. The lowest BCUT2D eigenvalue weighted by molar-refractivity contribution is 0.195. The van der Waals surface area contributed by atoms with Crippen LogP contribution in [0.2, 0.25) is 0 Å². The topological polar surface area (TPSA) is 74.7 Å². The van der Waals surface area contributed by atoms with Crippen LogP contribution in [0.4, 0.5) is 0 Å². The van der Waals surface area contributed by atoms with E-state index in [9.17, 15) is 0 Å². The monoisotopic (exact) mass is 178 g/mol. The van der Waals surface area contributed by atoms with E-state index in [1.54, 1.807) is 13.1 Å². The molecule has 13 heavy (non-hydrogen) atoms. The fourth-order valence-electron chi connectivity index (χ4n) is 1.24. The van der Waals surface area contributed by atoms with E-state index in [0.29, 0.717) is 12.1 Å². The summed E-state index contributed by atoms with van der Waals surface area (Å²) >= 11 is 0. The van der Waals surface area contributed by atoms with Crippen molar-refractivity contribution in [3.05, 3.63) is 17.8 Å². The summed E-state index contributed by atoms with van der Waals surface area (Å²) in [5, 5.41) is 19.4. The Hall–Kier alpha value is -1.49. The molecule has 5 heteroatoms. The molecule has 2 rings (SSSR count). The van der Waals surface area contributed by atoms with Crippen LogP contribution < -0.4 is 0 Å². The average Bonchev–Trinajstić information content (AvgIpc) is 2.49. The minimum atomic E-state index is -0.355. The zero-order valence-corrected chi connectivity index (χ0v) is 7.23. The molecule has 0 aliphatic carbocycles. The van der Waals surface area contributed by atoms with Crippen molar-refractivity contribution in [2.75, 3.05) is 0 Å². The smallest absolute Gasteiger partial charge is 0.201 e. The summed E-state index contributed by atoms with van der Waals surface area (Å²) in [6.07, 6.45) is 1.94. The van der Waals surface area contributed by atoms with Gasteiger partial charge in [0, 0.05) is 6.20 Å². The number of hydrogen-bond donors (Lipinski definition) is 2. The minimum Gasteiger partial charge on any atom is -0.393 e. The van der Waals surface area contributed by atoms with Gasteiger partial charge in [0.25, 0.3) is 0 Å². The van der Waals surface area contributed by atoms with Crippen LogP contribution in [0.25, 0.3) is 11.2 Å². The lowest BCUT2D eigenvalue weighted by atomic mass is 10.1. The lowest BCUT2D eigenvalue weighted by Gasteiger charge is -2.02. The number of fused-ring (bicyclic) bond motifs is 1. The van der Waals surface area contributed by atoms with Crippen LogP contribution in [-0.4, -0.2) is 31.6 Å². The molecule has 0 unspecified atom stereocenters. The molecular formula is C8H10N4O. The van der Waals surface area contributed by atoms with Crippen molar-refractivity contribution >= 4 is 11.2 Å². The summed E-state index contributed by atoms with van der Waals surface area (Å²) < 4.78 is 0. The Balaban J connectivity index is 2.37. The summed E-state index contributed by atoms with van der Waals surface area (Å²) in [5.74, 6) is 0.